The van der Waals surface area contributed by atoms with Gasteiger partial charge in [0, 0.05) is 19.5 Å². The number of halogens is 2. The number of nitrogens with one attached hydrogen (secondary N) is 2. The molecule has 2 aromatic rings. The molecule has 0 radical (unpaired) electrons. The number of aliphatic hydroxyl groups excluding tert-OH is 1. The van der Waals surface area contributed by atoms with Crippen LogP contribution in [0.15, 0.2) is 30.3 Å². The number of carbonyl (C=O) groups is 2. The number of carboxylic acid groups (broad SMARTS) is 1. The van der Waals surface area contributed by atoms with Crippen LogP contribution in [0.25, 0.3) is 0 Å². The van der Waals surface area contributed by atoms with Crippen LogP contribution >= 0.6 is 23.2 Å². The van der Waals surface area contributed by atoms with E-state index < -0.39 is 28.1 Å². The highest BCUT2D eigenvalue weighted by Gasteiger charge is 2.34. The number of aliphatic hydroxyl groups is 1. The van der Waals surface area contributed by atoms with Crippen LogP contribution < -0.4 is 10.0 Å². The first-order valence-corrected chi connectivity index (χ1v) is 13.0. The molecule has 1 aliphatic carbocycles. The summed E-state index contributed by atoms with van der Waals surface area (Å²) in [5, 5.41) is 22.0. The number of rotatable bonds is 7. The van der Waals surface area contributed by atoms with Crippen LogP contribution in [-0.4, -0.2) is 62.0 Å². The Morgan fingerprint density at radius 3 is 2.41 bits per heavy atom. The number of sulfonamides is 1. The molecule has 9 nitrogen and oxygen atoms in total. The number of anilines is 1. The molecule has 1 aliphatic rings. The second-order valence-electron chi connectivity index (χ2n) is 8.09. The molecular weight excluding hydrogens is 505 g/mol. The van der Waals surface area contributed by atoms with Gasteiger partial charge in [0.2, 0.25) is 10.0 Å². The van der Waals surface area contributed by atoms with Gasteiger partial charge in [-0.15, -0.1) is 0 Å². The Bertz CT molecular complexity index is 1220. The summed E-state index contributed by atoms with van der Waals surface area (Å²) in [7, 11) is -2.31. The highest BCUT2D eigenvalue weighted by atomic mass is 35.5. The van der Waals surface area contributed by atoms with Gasteiger partial charge in [-0.3, -0.25) is 9.52 Å². The number of amides is 2. The second kappa shape index (κ2) is 10.4. The lowest BCUT2D eigenvalue weighted by Crippen LogP contribution is -2.34. The number of benzene rings is 2. The standard InChI is InChI=1S/C22H25Cl2N3O6S/c1-27(22(30)31)20-6-4-13(12-3-5-17(23)18(24)9-12)14-10-16(21(29)25-7-8-28)19(11-15(14)20)26-34(2,32)33/h3,5,9-11,13,20,26,28H,4,6-8H2,1-2H3,(H,25,29)(H,30,31)/t13-,20-/m0/s1. The van der Waals surface area contributed by atoms with Crippen molar-refractivity contribution in [1.82, 2.24) is 10.2 Å². The quantitative estimate of drug-likeness (QED) is 0.432. The third-order valence-corrected chi connectivity index (χ3v) is 7.07. The molecule has 34 heavy (non-hydrogen) atoms. The molecule has 0 saturated carbocycles. The Morgan fingerprint density at radius 1 is 1.12 bits per heavy atom. The molecule has 12 heteroatoms. The summed E-state index contributed by atoms with van der Waals surface area (Å²) in [6.07, 6.45) is 0.853. The van der Waals surface area contributed by atoms with Crippen molar-refractivity contribution in [2.75, 3.05) is 31.2 Å². The van der Waals surface area contributed by atoms with E-state index in [9.17, 15) is 23.1 Å². The number of hydrogen-bond donors (Lipinski definition) is 4. The van der Waals surface area contributed by atoms with Gasteiger partial charge in [0.1, 0.15) is 0 Å². The third kappa shape index (κ3) is 5.75. The molecule has 0 saturated heterocycles. The van der Waals surface area contributed by atoms with Crippen LogP contribution in [0.4, 0.5) is 10.5 Å². The SMILES string of the molecule is CN(C(=O)O)[C@H]1CC[C@@H](c2ccc(Cl)c(Cl)c2)c2cc(C(=O)NCCO)c(NS(C)(=O)=O)cc21. The van der Waals surface area contributed by atoms with E-state index in [4.69, 9.17) is 28.3 Å². The van der Waals surface area contributed by atoms with Crippen molar-refractivity contribution >= 4 is 50.9 Å². The molecule has 2 aromatic carbocycles. The third-order valence-electron chi connectivity index (χ3n) is 5.74. The van der Waals surface area contributed by atoms with Gasteiger partial charge in [0.05, 0.1) is 40.2 Å². The van der Waals surface area contributed by atoms with Gasteiger partial charge in [-0.25, -0.2) is 13.2 Å². The molecule has 0 aliphatic heterocycles. The van der Waals surface area contributed by atoms with E-state index in [1.165, 1.54) is 18.0 Å². The molecule has 0 aromatic heterocycles. The van der Waals surface area contributed by atoms with E-state index in [0.29, 0.717) is 34.0 Å². The van der Waals surface area contributed by atoms with Crippen LogP contribution in [0, 0.1) is 0 Å². The Hall–Kier alpha value is -2.53. The number of fused-ring (bicyclic) bond motifs is 1. The van der Waals surface area contributed by atoms with Gasteiger partial charge in [-0.1, -0.05) is 29.3 Å². The lowest BCUT2D eigenvalue weighted by atomic mass is 9.75. The second-order valence-corrected chi connectivity index (χ2v) is 10.7. The van der Waals surface area contributed by atoms with Gasteiger partial charge in [-0.05, 0) is 53.8 Å². The van der Waals surface area contributed by atoms with E-state index in [0.717, 1.165) is 11.8 Å². The van der Waals surface area contributed by atoms with E-state index in [1.54, 1.807) is 18.2 Å². The first kappa shape index (κ1) is 26.1. The molecule has 0 bridgehead atoms. The fourth-order valence-corrected chi connectivity index (χ4v) is 5.08. The van der Waals surface area contributed by atoms with E-state index >= 15 is 0 Å². The summed E-state index contributed by atoms with van der Waals surface area (Å²) in [6, 6.07) is 7.75. The average Bonchev–Trinajstić information content (AvgIpc) is 2.76. The van der Waals surface area contributed by atoms with Gasteiger partial charge in [0.25, 0.3) is 5.91 Å². The smallest absolute Gasteiger partial charge is 0.407 e. The molecule has 2 amide bonds. The van der Waals surface area contributed by atoms with Gasteiger partial charge in [-0.2, -0.15) is 0 Å². The van der Waals surface area contributed by atoms with Gasteiger partial charge >= 0.3 is 6.09 Å². The molecule has 184 valence electrons. The lowest BCUT2D eigenvalue weighted by molar-refractivity contribution is 0.0945. The number of carbonyl (C=O) groups excluding carboxylic acids is 1. The molecule has 0 fully saturated rings. The first-order chi connectivity index (χ1) is 15.9. The molecule has 0 unspecified atom stereocenters. The van der Waals surface area contributed by atoms with E-state index in [1.807, 2.05) is 6.07 Å². The van der Waals surface area contributed by atoms with Gasteiger partial charge in [0.15, 0.2) is 0 Å². The van der Waals surface area contributed by atoms with Crippen molar-refractivity contribution in [3.8, 4) is 0 Å². The minimum absolute atomic E-state index is 0.0190. The minimum Gasteiger partial charge on any atom is -0.465 e. The van der Waals surface area contributed by atoms with Crippen LogP contribution in [0.5, 0.6) is 0 Å². The fraction of sp³-hybridized carbons (Fsp3) is 0.364. The van der Waals surface area contributed by atoms with Crippen molar-refractivity contribution in [2.24, 2.45) is 0 Å². The average molecular weight is 530 g/mol. The fourth-order valence-electron chi connectivity index (χ4n) is 4.21. The highest BCUT2D eigenvalue weighted by molar-refractivity contribution is 7.92. The van der Waals surface area contributed by atoms with Gasteiger partial charge < -0.3 is 20.4 Å². The normalized spacial score (nSPS) is 17.6. The van der Waals surface area contributed by atoms with Crippen molar-refractivity contribution in [3.63, 3.8) is 0 Å². The topological polar surface area (TPSA) is 136 Å². The molecule has 0 spiro atoms. The summed E-state index contributed by atoms with van der Waals surface area (Å²) in [4.78, 5) is 25.8. The number of nitrogens with zero attached hydrogens (tertiary/aromatic N) is 1. The maximum Gasteiger partial charge on any atom is 0.407 e. The molecular formula is C22H25Cl2N3O6S. The highest BCUT2D eigenvalue weighted by Crippen LogP contribution is 2.46. The van der Waals surface area contributed by atoms with E-state index in [2.05, 4.69) is 10.0 Å². The van der Waals surface area contributed by atoms with Crippen LogP contribution in [0.1, 0.15) is 51.8 Å². The predicted molar refractivity (Wildman–Crippen MR) is 130 cm³/mol. The maximum absolute atomic E-state index is 12.9. The summed E-state index contributed by atoms with van der Waals surface area (Å²) < 4.78 is 26.4. The van der Waals surface area contributed by atoms with Crippen molar-refractivity contribution in [3.05, 3.63) is 62.6 Å². The lowest BCUT2D eigenvalue weighted by Gasteiger charge is -2.36. The Labute approximate surface area is 207 Å². The monoisotopic (exact) mass is 529 g/mol. The van der Waals surface area contributed by atoms with E-state index in [-0.39, 0.29) is 30.3 Å². The zero-order valence-corrected chi connectivity index (χ0v) is 20.8. The summed E-state index contributed by atoms with van der Waals surface area (Å²) in [6.45, 7) is -0.308. The molecule has 4 N–H and O–H groups in total. The summed E-state index contributed by atoms with van der Waals surface area (Å²) in [5.41, 5.74) is 2.17. The van der Waals surface area contributed by atoms with Crippen LogP contribution in [0.3, 0.4) is 0 Å². The Kier molecular flexibility index (Phi) is 7.97. The van der Waals surface area contributed by atoms with Crippen LogP contribution in [-0.2, 0) is 10.0 Å². The molecule has 0 heterocycles. The van der Waals surface area contributed by atoms with Crippen LogP contribution in [0.2, 0.25) is 10.0 Å². The largest absolute Gasteiger partial charge is 0.465 e. The summed E-state index contributed by atoms with van der Waals surface area (Å²) in [5.74, 6) is -0.815. The Balaban J connectivity index is 2.24. The predicted octanol–water partition coefficient (Wildman–Crippen LogP) is 3.66. The first-order valence-electron chi connectivity index (χ1n) is 10.4. The zero-order chi connectivity index (χ0) is 25.2. The number of hydrogen-bond acceptors (Lipinski definition) is 5. The van der Waals surface area contributed by atoms with Crippen molar-refractivity contribution in [1.29, 1.82) is 0 Å². The maximum atomic E-state index is 12.9. The minimum atomic E-state index is -3.75. The Morgan fingerprint density at radius 2 is 1.82 bits per heavy atom. The summed E-state index contributed by atoms with van der Waals surface area (Å²) >= 11 is 12.3. The van der Waals surface area contributed by atoms with Crippen molar-refractivity contribution < 1.29 is 28.2 Å². The van der Waals surface area contributed by atoms with Crippen molar-refractivity contribution in [2.45, 2.75) is 24.8 Å². The zero-order valence-electron chi connectivity index (χ0n) is 18.5. The molecule has 3 rings (SSSR count). The molecule has 2 atom stereocenters.